The molecule has 6 heteroatoms. The molecule has 0 unspecified atom stereocenters. The highest BCUT2D eigenvalue weighted by atomic mass is 19.1. The predicted molar refractivity (Wildman–Crippen MR) is 98.7 cm³/mol. The second-order valence-corrected chi connectivity index (χ2v) is 6.63. The number of nitrogens with one attached hydrogen (secondary N) is 1. The van der Waals surface area contributed by atoms with Gasteiger partial charge >= 0.3 is 0 Å². The number of amides is 1. The minimum atomic E-state index is -0.384. The van der Waals surface area contributed by atoms with E-state index in [9.17, 15) is 9.18 Å². The van der Waals surface area contributed by atoms with Crippen LogP contribution in [0.1, 0.15) is 35.2 Å². The van der Waals surface area contributed by atoms with Gasteiger partial charge in [-0.25, -0.2) is 4.39 Å². The van der Waals surface area contributed by atoms with E-state index in [2.05, 4.69) is 10.2 Å². The van der Waals surface area contributed by atoms with E-state index in [1.54, 1.807) is 36.6 Å². The molecule has 1 aromatic carbocycles. The zero-order valence-electron chi connectivity index (χ0n) is 14.9. The zero-order valence-corrected chi connectivity index (χ0v) is 14.9. The average Bonchev–Trinajstić information content (AvgIpc) is 3.44. The van der Waals surface area contributed by atoms with Crippen molar-refractivity contribution in [3.05, 3.63) is 72.1 Å². The molecule has 1 aliphatic heterocycles. The molecule has 1 aliphatic rings. The Balaban J connectivity index is 1.45. The molecule has 1 saturated heterocycles. The molecule has 2 aromatic heterocycles. The fourth-order valence-electron chi connectivity index (χ4n) is 3.49. The van der Waals surface area contributed by atoms with Gasteiger partial charge in [-0.1, -0.05) is 12.1 Å². The van der Waals surface area contributed by atoms with Gasteiger partial charge in [0.2, 0.25) is 0 Å². The van der Waals surface area contributed by atoms with Crippen molar-refractivity contribution in [1.29, 1.82) is 0 Å². The molecule has 1 N–H and O–H groups in total. The van der Waals surface area contributed by atoms with E-state index in [-0.39, 0.29) is 23.5 Å². The Hall–Kier alpha value is -2.86. The van der Waals surface area contributed by atoms with Crippen LogP contribution in [0.4, 0.5) is 4.39 Å². The SMILES string of the molecule is O=C(NC[C@@H](c1ccco1)N1CCCC1)c1ccc(-c2ccccc2F)o1. The zero-order chi connectivity index (χ0) is 18.6. The van der Waals surface area contributed by atoms with Crippen molar-refractivity contribution in [3.63, 3.8) is 0 Å². The second-order valence-electron chi connectivity index (χ2n) is 6.63. The van der Waals surface area contributed by atoms with Crippen molar-refractivity contribution in [3.8, 4) is 11.3 Å². The molecule has 1 atom stereocenters. The number of nitrogens with zero attached hydrogens (tertiary/aromatic N) is 1. The van der Waals surface area contributed by atoms with Crippen LogP contribution < -0.4 is 5.32 Å². The number of carbonyl (C=O) groups is 1. The third kappa shape index (κ3) is 3.80. The van der Waals surface area contributed by atoms with Crippen molar-refractivity contribution in [1.82, 2.24) is 10.2 Å². The van der Waals surface area contributed by atoms with E-state index in [0.717, 1.165) is 31.7 Å². The maximum absolute atomic E-state index is 13.9. The van der Waals surface area contributed by atoms with Crippen LogP contribution in [0.25, 0.3) is 11.3 Å². The van der Waals surface area contributed by atoms with Gasteiger partial charge in [0.05, 0.1) is 17.9 Å². The summed E-state index contributed by atoms with van der Waals surface area (Å²) >= 11 is 0. The Morgan fingerprint density at radius 1 is 1.11 bits per heavy atom. The first-order valence-corrected chi connectivity index (χ1v) is 9.13. The molecule has 0 spiro atoms. The van der Waals surface area contributed by atoms with Gasteiger partial charge < -0.3 is 14.2 Å². The van der Waals surface area contributed by atoms with E-state index in [4.69, 9.17) is 8.83 Å². The number of halogens is 1. The summed E-state index contributed by atoms with van der Waals surface area (Å²) < 4.78 is 25.0. The maximum Gasteiger partial charge on any atom is 0.287 e. The first-order valence-electron chi connectivity index (χ1n) is 9.13. The summed E-state index contributed by atoms with van der Waals surface area (Å²) in [4.78, 5) is 14.8. The van der Waals surface area contributed by atoms with Gasteiger partial charge in [0, 0.05) is 6.54 Å². The fraction of sp³-hybridized carbons (Fsp3) is 0.286. The van der Waals surface area contributed by atoms with Crippen LogP contribution >= 0.6 is 0 Å². The van der Waals surface area contributed by atoms with E-state index in [0.29, 0.717) is 17.9 Å². The topological polar surface area (TPSA) is 58.6 Å². The van der Waals surface area contributed by atoms with Crippen LogP contribution in [0.2, 0.25) is 0 Å². The lowest BCUT2D eigenvalue weighted by atomic mass is 10.1. The van der Waals surface area contributed by atoms with Crippen molar-refractivity contribution < 1.29 is 18.0 Å². The third-order valence-corrected chi connectivity index (χ3v) is 4.88. The number of likely N-dealkylation sites (tertiary alicyclic amines) is 1. The summed E-state index contributed by atoms with van der Waals surface area (Å²) in [6.45, 7) is 2.39. The normalized spacial score (nSPS) is 15.7. The Labute approximate surface area is 156 Å². The van der Waals surface area contributed by atoms with Crippen molar-refractivity contribution in [2.24, 2.45) is 0 Å². The van der Waals surface area contributed by atoms with Crippen LogP contribution in [-0.2, 0) is 0 Å². The number of furan rings is 2. The van der Waals surface area contributed by atoms with Crippen molar-refractivity contribution in [2.75, 3.05) is 19.6 Å². The van der Waals surface area contributed by atoms with Gasteiger partial charge in [-0.2, -0.15) is 0 Å². The van der Waals surface area contributed by atoms with Crippen LogP contribution in [0, 0.1) is 5.82 Å². The minimum absolute atomic E-state index is 0.00699. The molecule has 4 rings (SSSR count). The summed E-state index contributed by atoms with van der Waals surface area (Å²) in [5.41, 5.74) is 0.335. The average molecular weight is 368 g/mol. The summed E-state index contributed by atoms with van der Waals surface area (Å²) in [7, 11) is 0. The molecule has 3 aromatic rings. The van der Waals surface area contributed by atoms with Crippen molar-refractivity contribution in [2.45, 2.75) is 18.9 Å². The van der Waals surface area contributed by atoms with Crippen LogP contribution in [0.3, 0.4) is 0 Å². The van der Waals surface area contributed by atoms with Crippen molar-refractivity contribution >= 4 is 5.91 Å². The highest BCUT2D eigenvalue weighted by Gasteiger charge is 2.26. The summed E-state index contributed by atoms with van der Waals surface area (Å²) in [6, 6.07) is 13.3. The molecule has 0 aliphatic carbocycles. The lowest BCUT2D eigenvalue weighted by Gasteiger charge is -2.25. The molecule has 1 amide bonds. The lowest BCUT2D eigenvalue weighted by molar-refractivity contribution is 0.0907. The van der Waals surface area contributed by atoms with Crippen LogP contribution in [-0.4, -0.2) is 30.4 Å². The summed E-state index contributed by atoms with van der Waals surface area (Å²) in [6.07, 6.45) is 3.94. The second kappa shape index (κ2) is 7.80. The summed E-state index contributed by atoms with van der Waals surface area (Å²) in [5.74, 6) is 0.621. The molecular formula is C21H21FN2O3. The Morgan fingerprint density at radius 2 is 1.93 bits per heavy atom. The predicted octanol–water partition coefficient (Wildman–Crippen LogP) is 4.25. The van der Waals surface area contributed by atoms with Gasteiger partial charge in [0.1, 0.15) is 17.3 Å². The van der Waals surface area contributed by atoms with Gasteiger partial charge in [0.25, 0.3) is 5.91 Å². The van der Waals surface area contributed by atoms with Crippen LogP contribution in [0.5, 0.6) is 0 Å². The molecule has 0 radical (unpaired) electrons. The maximum atomic E-state index is 13.9. The van der Waals surface area contributed by atoms with Gasteiger partial charge in [-0.05, 0) is 62.3 Å². The van der Waals surface area contributed by atoms with Gasteiger partial charge in [-0.3, -0.25) is 9.69 Å². The number of carbonyl (C=O) groups excluding carboxylic acids is 1. The minimum Gasteiger partial charge on any atom is -0.468 e. The molecule has 5 nitrogen and oxygen atoms in total. The Kier molecular flexibility index (Phi) is 5.07. The Morgan fingerprint density at radius 3 is 2.67 bits per heavy atom. The number of hydrogen-bond acceptors (Lipinski definition) is 4. The van der Waals surface area contributed by atoms with Crippen LogP contribution in [0.15, 0.2) is 63.6 Å². The highest BCUT2D eigenvalue weighted by Crippen LogP contribution is 2.26. The highest BCUT2D eigenvalue weighted by molar-refractivity contribution is 5.92. The van der Waals surface area contributed by atoms with Gasteiger partial charge in [0.15, 0.2) is 5.76 Å². The number of hydrogen-bond donors (Lipinski definition) is 1. The van der Waals surface area contributed by atoms with E-state index >= 15 is 0 Å². The standard InChI is InChI=1S/C21H21FN2O3/c22-16-7-2-1-6-15(16)18-9-10-20(27-18)21(25)23-14-17(19-8-5-13-26-19)24-11-3-4-12-24/h1-2,5-10,13,17H,3-4,11-12,14H2,(H,23,25)/t17-/m0/s1. The summed E-state index contributed by atoms with van der Waals surface area (Å²) in [5, 5.41) is 2.92. The third-order valence-electron chi connectivity index (χ3n) is 4.88. The first-order chi connectivity index (χ1) is 13.2. The van der Waals surface area contributed by atoms with Gasteiger partial charge in [-0.15, -0.1) is 0 Å². The molecule has 1 fully saturated rings. The number of rotatable bonds is 6. The quantitative estimate of drug-likeness (QED) is 0.707. The fourth-order valence-corrected chi connectivity index (χ4v) is 3.49. The Bertz CT molecular complexity index is 898. The molecule has 27 heavy (non-hydrogen) atoms. The smallest absolute Gasteiger partial charge is 0.287 e. The molecular weight excluding hydrogens is 347 g/mol. The van der Waals surface area contributed by atoms with E-state index in [1.165, 1.54) is 6.07 Å². The van der Waals surface area contributed by atoms with E-state index < -0.39 is 0 Å². The first kappa shape index (κ1) is 17.5. The lowest BCUT2D eigenvalue weighted by Crippen LogP contribution is -2.36. The monoisotopic (exact) mass is 368 g/mol. The molecule has 0 saturated carbocycles. The number of benzene rings is 1. The molecule has 3 heterocycles. The van der Waals surface area contributed by atoms with E-state index in [1.807, 2.05) is 12.1 Å². The molecule has 0 bridgehead atoms. The largest absolute Gasteiger partial charge is 0.468 e. The molecule has 140 valence electrons.